The molecule has 2 aliphatic rings. The molecule has 2 aliphatic heterocycles. The molecule has 5 rings (SSSR count). The zero-order chi connectivity index (χ0) is 23.7. The molecule has 10 heteroatoms. The van der Waals surface area contributed by atoms with E-state index in [1.807, 2.05) is 18.2 Å². The number of anilines is 1. The fourth-order valence-corrected chi connectivity index (χ4v) is 4.61. The molecule has 0 saturated carbocycles. The van der Waals surface area contributed by atoms with Crippen LogP contribution in [0.5, 0.6) is 0 Å². The Morgan fingerprint density at radius 2 is 1.74 bits per heavy atom. The third-order valence-corrected chi connectivity index (χ3v) is 6.49. The summed E-state index contributed by atoms with van der Waals surface area (Å²) in [4.78, 5) is 47.6. The molecule has 0 unspecified atom stereocenters. The summed E-state index contributed by atoms with van der Waals surface area (Å²) >= 11 is 6.05. The molecule has 2 saturated heterocycles. The first-order chi connectivity index (χ1) is 16.5. The van der Waals surface area contributed by atoms with E-state index >= 15 is 0 Å². The first-order valence-corrected chi connectivity index (χ1v) is 11.5. The molecule has 2 fully saturated rings. The van der Waals surface area contributed by atoms with Crippen LogP contribution in [0.4, 0.5) is 5.69 Å². The lowest BCUT2D eigenvalue weighted by molar-refractivity contribution is -0.137. The number of hydrogen-bond donors (Lipinski definition) is 1. The number of nitrogens with one attached hydrogen (secondary N) is 1. The molecule has 9 nitrogen and oxygen atoms in total. The highest BCUT2D eigenvalue weighted by molar-refractivity contribution is 6.31. The van der Waals surface area contributed by atoms with Crippen LogP contribution >= 0.6 is 11.6 Å². The van der Waals surface area contributed by atoms with Gasteiger partial charge in [0.1, 0.15) is 5.69 Å². The van der Waals surface area contributed by atoms with Crippen molar-refractivity contribution in [3.8, 4) is 11.3 Å². The van der Waals surface area contributed by atoms with Gasteiger partial charge in [-0.1, -0.05) is 17.7 Å². The van der Waals surface area contributed by atoms with Crippen molar-refractivity contribution in [1.29, 1.82) is 0 Å². The van der Waals surface area contributed by atoms with Crippen molar-refractivity contribution in [2.45, 2.75) is 6.42 Å². The molecule has 0 radical (unpaired) electrons. The molecular formula is C24H23ClN6O3. The summed E-state index contributed by atoms with van der Waals surface area (Å²) in [5.41, 5.74) is 2.66. The van der Waals surface area contributed by atoms with Crippen LogP contribution in [0, 0.1) is 5.92 Å². The van der Waals surface area contributed by atoms with E-state index in [9.17, 15) is 14.4 Å². The predicted molar refractivity (Wildman–Crippen MR) is 126 cm³/mol. The zero-order valence-electron chi connectivity index (χ0n) is 18.4. The van der Waals surface area contributed by atoms with Crippen LogP contribution in [0.2, 0.25) is 5.02 Å². The number of amides is 3. The summed E-state index contributed by atoms with van der Waals surface area (Å²) in [6.07, 6.45) is 3.53. The van der Waals surface area contributed by atoms with Gasteiger partial charge < -0.3 is 14.7 Å². The van der Waals surface area contributed by atoms with Crippen LogP contribution in [0.1, 0.15) is 16.9 Å². The second-order valence-corrected chi connectivity index (χ2v) is 8.84. The minimum atomic E-state index is -0.399. The Morgan fingerprint density at radius 3 is 2.47 bits per heavy atom. The van der Waals surface area contributed by atoms with Crippen LogP contribution < -0.4 is 4.90 Å². The number of pyridine rings is 1. The summed E-state index contributed by atoms with van der Waals surface area (Å²) in [7, 11) is 0. The Hall–Kier alpha value is -3.72. The van der Waals surface area contributed by atoms with Crippen molar-refractivity contribution in [3.05, 3.63) is 65.6 Å². The van der Waals surface area contributed by atoms with Gasteiger partial charge in [0.2, 0.25) is 11.8 Å². The highest BCUT2D eigenvalue weighted by Gasteiger charge is 2.38. The van der Waals surface area contributed by atoms with Gasteiger partial charge >= 0.3 is 0 Å². The summed E-state index contributed by atoms with van der Waals surface area (Å²) in [6, 6.07) is 12.5. The molecule has 1 atom stereocenters. The van der Waals surface area contributed by atoms with E-state index in [4.69, 9.17) is 11.6 Å². The Labute approximate surface area is 201 Å². The van der Waals surface area contributed by atoms with Gasteiger partial charge in [0.05, 0.1) is 11.6 Å². The number of rotatable bonds is 4. The van der Waals surface area contributed by atoms with Crippen molar-refractivity contribution in [2.75, 3.05) is 37.6 Å². The fraction of sp³-hybridized carbons (Fsp3) is 0.292. The standard InChI is InChI=1S/C24H23ClN6O3/c25-18-2-1-3-19(13-18)31-15-17(12-22(31)32)23(33)29-8-10-30(11-9-29)24(34)21-14-20(27-28-21)16-4-6-26-7-5-16/h1-7,13-14,17H,8-12,15H2,(H,27,28)/t17-/m0/s1. The Kier molecular flexibility index (Phi) is 6.02. The van der Waals surface area contributed by atoms with Gasteiger partial charge in [-0.2, -0.15) is 5.10 Å². The highest BCUT2D eigenvalue weighted by Crippen LogP contribution is 2.28. The van der Waals surface area contributed by atoms with Crippen molar-refractivity contribution in [3.63, 3.8) is 0 Å². The van der Waals surface area contributed by atoms with Crippen LogP contribution in [0.25, 0.3) is 11.3 Å². The van der Waals surface area contributed by atoms with Crippen LogP contribution in [0.3, 0.4) is 0 Å². The van der Waals surface area contributed by atoms with E-state index in [-0.39, 0.29) is 24.1 Å². The van der Waals surface area contributed by atoms with Crippen molar-refractivity contribution >= 4 is 35.0 Å². The first kappa shape index (κ1) is 22.1. The van der Waals surface area contributed by atoms with E-state index in [2.05, 4.69) is 15.2 Å². The van der Waals surface area contributed by atoms with Crippen molar-refractivity contribution in [2.24, 2.45) is 5.92 Å². The number of halogens is 1. The third-order valence-electron chi connectivity index (χ3n) is 6.26. The van der Waals surface area contributed by atoms with Gasteiger partial charge in [-0.15, -0.1) is 0 Å². The molecular weight excluding hydrogens is 456 g/mol. The number of hydrogen-bond acceptors (Lipinski definition) is 5. The number of benzene rings is 1. The largest absolute Gasteiger partial charge is 0.339 e. The summed E-state index contributed by atoms with van der Waals surface area (Å²) in [6.45, 7) is 2.04. The quantitative estimate of drug-likeness (QED) is 0.620. The molecule has 3 amide bonds. The van der Waals surface area contributed by atoms with Crippen LogP contribution in [-0.2, 0) is 9.59 Å². The van der Waals surface area contributed by atoms with E-state index < -0.39 is 5.92 Å². The van der Waals surface area contributed by atoms with Gasteiger partial charge in [0.15, 0.2) is 0 Å². The maximum absolute atomic E-state index is 13.1. The van der Waals surface area contributed by atoms with Gasteiger partial charge in [0, 0.05) is 67.8 Å². The number of nitrogens with zero attached hydrogens (tertiary/aromatic N) is 5. The van der Waals surface area contributed by atoms with Gasteiger partial charge in [-0.25, -0.2) is 0 Å². The average Bonchev–Trinajstić information content (AvgIpc) is 3.51. The summed E-state index contributed by atoms with van der Waals surface area (Å²) in [5, 5.41) is 7.59. The van der Waals surface area contributed by atoms with Gasteiger partial charge in [0.25, 0.3) is 5.91 Å². The Morgan fingerprint density at radius 1 is 1.00 bits per heavy atom. The average molecular weight is 479 g/mol. The second-order valence-electron chi connectivity index (χ2n) is 8.41. The number of piperazine rings is 1. The molecule has 1 N–H and O–H groups in total. The molecule has 4 heterocycles. The lowest BCUT2D eigenvalue weighted by Gasteiger charge is -2.35. The zero-order valence-corrected chi connectivity index (χ0v) is 19.1. The number of H-pyrrole nitrogens is 1. The highest BCUT2D eigenvalue weighted by atomic mass is 35.5. The van der Waals surface area contributed by atoms with Crippen LogP contribution in [-0.4, -0.2) is 75.4 Å². The predicted octanol–water partition coefficient (Wildman–Crippen LogP) is 2.46. The SMILES string of the molecule is O=C(c1cc(-c2ccncc2)n[nH]1)N1CCN(C(=O)[C@H]2CC(=O)N(c3cccc(Cl)c3)C2)CC1. The third kappa shape index (κ3) is 4.38. The van der Waals surface area contributed by atoms with Gasteiger partial charge in [-0.05, 0) is 36.4 Å². The lowest BCUT2D eigenvalue weighted by Crippen LogP contribution is -2.52. The monoisotopic (exact) mass is 478 g/mol. The fourth-order valence-electron chi connectivity index (χ4n) is 4.43. The second kappa shape index (κ2) is 9.26. The van der Waals surface area contributed by atoms with E-state index in [0.717, 1.165) is 5.56 Å². The molecule has 2 aromatic heterocycles. The maximum atomic E-state index is 13.1. The minimum Gasteiger partial charge on any atom is -0.339 e. The maximum Gasteiger partial charge on any atom is 0.272 e. The van der Waals surface area contributed by atoms with E-state index in [1.54, 1.807) is 51.4 Å². The van der Waals surface area contributed by atoms with E-state index in [0.29, 0.717) is 54.8 Å². The molecule has 0 spiro atoms. The summed E-state index contributed by atoms with van der Waals surface area (Å²) < 4.78 is 0. The number of carbonyl (C=O) groups is 3. The molecule has 34 heavy (non-hydrogen) atoms. The smallest absolute Gasteiger partial charge is 0.272 e. The molecule has 3 aromatic rings. The molecule has 0 aliphatic carbocycles. The molecule has 0 bridgehead atoms. The first-order valence-electron chi connectivity index (χ1n) is 11.1. The van der Waals surface area contributed by atoms with Gasteiger partial charge in [-0.3, -0.25) is 24.5 Å². The minimum absolute atomic E-state index is 0.0495. The van der Waals surface area contributed by atoms with Crippen molar-refractivity contribution in [1.82, 2.24) is 25.0 Å². The van der Waals surface area contributed by atoms with E-state index in [1.165, 1.54) is 0 Å². The van der Waals surface area contributed by atoms with Crippen LogP contribution in [0.15, 0.2) is 54.9 Å². The number of aromatic nitrogens is 3. The molecule has 174 valence electrons. The molecule has 1 aromatic carbocycles. The number of carbonyl (C=O) groups excluding carboxylic acids is 3. The normalized spacial score (nSPS) is 18.4. The van der Waals surface area contributed by atoms with Crippen molar-refractivity contribution < 1.29 is 14.4 Å². The Bertz CT molecular complexity index is 1220. The Balaban J connectivity index is 1.18. The lowest BCUT2D eigenvalue weighted by atomic mass is 10.1. The topological polar surface area (TPSA) is 102 Å². The summed E-state index contributed by atoms with van der Waals surface area (Å²) in [5.74, 6) is -0.683. The number of aromatic amines is 1.